The Morgan fingerprint density at radius 1 is 0.833 bits per heavy atom. The second-order valence-electron chi connectivity index (χ2n) is 5.33. The molecule has 0 heterocycles. The topological polar surface area (TPSA) is 58.6 Å². The van der Waals surface area contributed by atoms with E-state index in [1.165, 1.54) is 0 Å². The molecule has 2 N–H and O–H groups in total. The smallest absolute Gasteiger partial charge is 0.228 e. The van der Waals surface area contributed by atoms with Crippen LogP contribution in [0.2, 0.25) is 0 Å². The Balaban J connectivity index is 1.57. The zero-order valence-corrected chi connectivity index (χ0v) is 13.0. The number of ether oxygens (including phenoxy) is 1. The zero-order valence-electron chi connectivity index (χ0n) is 13.0. The number of amides is 1. The number of aromatic hydroxyl groups is 1. The molecule has 0 aromatic heterocycles. The molecule has 4 heteroatoms. The van der Waals surface area contributed by atoms with Crippen LogP contribution in [-0.4, -0.2) is 11.0 Å². The number of para-hydroxylation sites is 1. The highest BCUT2D eigenvalue weighted by molar-refractivity contribution is 5.92. The highest BCUT2D eigenvalue weighted by Crippen LogP contribution is 2.22. The molecular weight excluding hydrogens is 302 g/mol. The summed E-state index contributed by atoms with van der Waals surface area (Å²) in [5, 5.41) is 12.1. The molecule has 0 unspecified atom stereocenters. The predicted molar refractivity (Wildman–Crippen MR) is 93.4 cm³/mol. The van der Waals surface area contributed by atoms with E-state index in [2.05, 4.69) is 5.32 Å². The van der Waals surface area contributed by atoms with Crippen molar-refractivity contribution in [2.45, 2.75) is 6.42 Å². The van der Waals surface area contributed by atoms with E-state index < -0.39 is 0 Å². The van der Waals surface area contributed by atoms with Crippen LogP contribution in [0.15, 0.2) is 78.9 Å². The molecule has 0 bridgehead atoms. The van der Waals surface area contributed by atoms with Gasteiger partial charge in [0.15, 0.2) is 0 Å². The molecule has 0 atom stereocenters. The molecule has 0 aliphatic rings. The van der Waals surface area contributed by atoms with Gasteiger partial charge in [-0.1, -0.05) is 30.3 Å². The van der Waals surface area contributed by atoms with E-state index in [0.29, 0.717) is 11.4 Å². The summed E-state index contributed by atoms with van der Waals surface area (Å²) in [5.74, 6) is 1.55. The van der Waals surface area contributed by atoms with Crippen LogP contribution in [0.1, 0.15) is 5.56 Å². The lowest BCUT2D eigenvalue weighted by molar-refractivity contribution is -0.115. The summed E-state index contributed by atoms with van der Waals surface area (Å²) in [6.07, 6.45) is 0.253. The van der Waals surface area contributed by atoms with Gasteiger partial charge in [0.25, 0.3) is 0 Å². The fraction of sp³-hybridized carbons (Fsp3) is 0.0500. The molecule has 24 heavy (non-hydrogen) atoms. The Morgan fingerprint density at radius 3 is 2.12 bits per heavy atom. The molecule has 0 saturated heterocycles. The Kier molecular flexibility index (Phi) is 4.77. The van der Waals surface area contributed by atoms with E-state index >= 15 is 0 Å². The minimum absolute atomic E-state index is 0.114. The molecule has 4 nitrogen and oxygen atoms in total. The van der Waals surface area contributed by atoms with Gasteiger partial charge >= 0.3 is 0 Å². The zero-order chi connectivity index (χ0) is 16.8. The largest absolute Gasteiger partial charge is 0.508 e. The average molecular weight is 319 g/mol. The molecule has 0 saturated carbocycles. The Labute approximate surface area is 140 Å². The van der Waals surface area contributed by atoms with E-state index in [1.54, 1.807) is 36.4 Å². The third-order valence-corrected chi connectivity index (χ3v) is 3.42. The van der Waals surface area contributed by atoms with E-state index in [0.717, 1.165) is 11.3 Å². The average Bonchev–Trinajstić information content (AvgIpc) is 2.60. The molecule has 0 radical (unpaired) electrons. The number of benzene rings is 3. The lowest BCUT2D eigenvalue weighted by Crippen LogP contribution is -2.14. The van der Waals surface area contributed by atoms with Gasteiger partial charge in [-0.2, -0.15) is 0 Å². The molecule has 3 aromatic rings. The van der Waals surface area contributed by atoms with Gasteiger partial charge in [0.2, 0.25) is 5.91 Å². The first-order valence-electron chi connectivity index (χ1n) is 7.60. The summed E-state index contributed by atoms with van der Waals surface area (Å²) in [7, 11) is 0. The number of anilines is 1. The minimum Gasteiger partial charge on any atom is -0.508 e. The lowest BCUT2D eigenvalue weighted by atomic mass is 10.1. The number of carbonyl (C=O) groups excluding carboxylic acids is 1. The Hall–Kier alpha value is -3.27. The molecule has 0 aliphatic carbocycles. The molecular formula is C20H17NO3. The molecule has 3 rings (SSSR count). The first-order chi connectivity index (χ1) is 11.7. The Bertz CT molecular complexity index is 797. The van der Waals surface area contributed by atoms with Crippen LogP contribution in [0, 0.1) is 0 Å². The first kappa shape index (κ1) is 15.6. The van der Waals surface area contributed by atoms with E-state index in [-0.39, 0.29) is 18.1 Å². The van der Waals surface area contributed by atoms with Crippen LogP contribution in [0.4, 0.5) is 5.69 Å². The van der Waals surface area contributed by atoms with Crippen LogP contribution in [0.3, 0.4) is 0 Å². The second kappa shape index (κ2) is 7.33. The monoisotopic (exact) mass is 319 g/mol. The second-order valence-corrected chi connectivity index (χ2v) is 5.33. The molecule has 0 spiro atoms. The maximum Gasteiger partial charge on any atom is 0.228 e. The standard InChI is InChI=1S/C20H17NO3/c22-17-10-6-15(7-11-17)14-20(23)21-16-8-12-19(13-9-16)24-18-4-2-1-3-5-18/h1-13,22H,14H2,(H,21,23). The summed E-state index contributed by atoms with van der Waals surface area (Å²) >= 11 is 0. The highest BCUT2D eigenvalue weighted by atomic mass is 16.5. The van der Waals surface area contributed by atoms with Gasteiger partial charge in [-0.25, -0.2) is 0 Å². The van der Waals surface area contributed by atoms with Crippen LogP contribution >= 0.6 is 0 Å². The van der Waals surface area contributed by atoms with Crippen molar-refractivity contribution >= 4 is 11.6 Å². The summed E-state index contributed by atoms with van der Waals surface area (Å²) in [6.45, 7) is 0. The normalized spacial score (nSPS) is 10.2. The van der Waals surface area contributed by atoms with Crippen molar-refractivity contribution in [1.29, 1.82) is 0 Å². The SMILES string of the molecule is O=C(Cc1ccc(O)cc1)Nc1ccc(Oc2ccccc2)cc1. The quantitative estimate of drug-likeness (QED) is 0.734. The summed E-state index contributed by atoms with van der Waals surface area (Å²) in [6, 6.07) is 23.3. The van der Waals surface area contributed by atoms with Crippen LogP contribution in [-0.2, 0) is 11.2 Å². The van der Waals surface area contributed by atoms with Gasteiger partial charge < -0.3 is 15.2 Å². The number of nitrogens with one attached hydrogen (secondary N) is 1. The van der Waals surface area contributed by atoms with Crippen molar-refractivity contribution in [3.8, 4) is 17.2 Å². The van der Waals surface area contributed by atoms with Gasteiger partial charge in [-0.3, -0.25) is 4.79 Å². The van der Waals surface area contributed by atoms with Crippen LogP contribution in [0.5, 0.6) is 17.2 Å². The minimum atomic E-state index is -0.114. The number of rotatable bonds is 5. The van der Waals surface area contributed by atoms with Crippen molar-refractivity contribution in [1.82, 2.24) is 0 Å². The summed E-state index contributed by atoms with van der Waals surface area (Å²) < 4.78 is 5.71. The molecule has 0 aliphatic heterocycles. The molecule has 3 aromatic carbocycles. The van der Waals surface area contributed by atoms with Crippen molar-refractivity contribution < 1.29 is 14.6 Å². The van der Waals surface area contributed by atoms with Crippen molar-refractivity contribution in [2.75, 3.05) is 5.32 Å². The van der Waals surface area contributed by atoms with Gasteiger partial charge in [-0.05, 0) is 54.1 Å². The van der Waals surface area contributed by atoms with Crippen molar-refractivity contribution in [3.63, 3.8) is 0 Å². The van der Waals surface area contributed by atoms with Gasteiger partial charge in [0.05, 0.1) is 6.42 Å². The van der Waals surface area contributed by atoms with Crippen LogP contribution < -0.4 is 10.1 Å². The number of phenols is 1. The maximum atomic E-state index is 12.0. The Morgan fingerprint density at radius 2 is 1.46 bits per heavy atom. The number of phenolic OH excluding ortho intramolecular Hbond substituents is 1. The third kappa shape index (κ3) is 4.36. The number of hydrogen-bond donors (Lipinski definition) is 2. The molecule has 0 fully saturated rings. The maximum absolute atomic E-state index is 12.0. The fourth-order valence-corrected chi connectivity index (χ4v) is 2.24. The fourth-order valence-electron chi connectivity index (χ4n) is 2.24. The van der Waals surface area contributed by atoms with E-state index in [1.807, 2.05) is 42.5 Å². The molecule has 120 valence electrons. The van der Waals surface area contributed by atoms with E-state index in [9.17, 15) is 9.90 Å². The highest BCUT2D eigenvalue weighted by Gasteiger charge is 2.05. The summed E-state index contributed by atoms with van der Waals surface area (Å²) in [5.41, 5.74) is 1.55. The number of hydrogen-bond acceptors (Lipinski definition) is 3. The lowest BCUT2D eigenvalue weighted by Gasteiger charge is -2.08. The third-order valence-electron chi connectivity index (χ3n) is 3.42. The summed E-state index contributed by atoms with van der Waals surface area (Å²) in [4.78, 5) is 12.0. The predicted octanol–water partition coefficient (Wildman–Crippen LogP) is 4.37. The van der Waals surface area contributed by atoms with Crippen molar-refractivity contribution in [3.05, 3.63) is 84.4 Å². The number of carbonyl (C=O) groups is 1. The van der Waals surface area contributed by atoms with Gasteiger partial charge in [0, 0.05) is 5.69 Å². The van der Waals surface area contributed by atoms with E-state index in [4.69, 9.17) is 4.74 Å². The van der Waals surface area contributed by atoms with Gasteiger partial charge in [-0.15, -0.1) is 0 Å². The van der Waals surface area contributed by atoms with Gasteiger partial charge in [0.1, 0.15) is 17.2 Å². The van der Waals surface area contributed by atoms with Crippen molar-refractivity contribution in [2.24, 2.45) is 0 Å². The van der Waals surface area contributed by atoms with Crippen LogP contribution in [0.25, 0.3) is 0 Å². The first-order valence-corrected chi connectivity index (χ1v) is 7.60. The molecule has 1 amide bonds.